The number of nitrogens with one attached hydrogen (secondary N) is 1. The van der Waals surface area contributed by atoms with Gasteiger partial charge in [0, 0.05) is 0 Å². The minimum atomic E-state index is -1.83. The monoisotopic (exact) mass is 343 g/mol. The molecule has 0 radical (unpaired) electrons. The molecule has 0 aliphatic carbocycles. The summed E-state index contributed by atoms with van der Waals surface area (Å²) in [5.74, 6) is -1.24. The summed E-state index contributed by atoms with van der Waals surface area (Å²) in [6.07, 6.45) is -6.91. The van der Waals surface area contributed by atoms with E-state index in [-0.39, 0.29) is 12.2 Å². The molecule has 1 aliphatic rings. The van der Waals surface area contributed by atoms with Gasteiger partial charge in [-0.2, -0.15) is 0 Å². The number of carbonyl (C=O) groups is 1. The number of rotatable bonds is 6. The Morgan fingerprint density at radius 2 is 1.88 bits per heavy atom. The van der Waals surface area contributed by atoms with Crippen molar-refractivity contribution in [2.24, 2.45) is 0 Å². The highest BCUT2D eigenvalue weighted by atomic mass is 16.4. The highest BCUT2D eigenvalue weighted by molar-refractivity contribution is 5.74. The zero-order chi connectivity index (χ0) is 18.0. The number of phenols is 1. The van der Waals surface area contributed by atoms with Crippen molar-refractivity contribution in [3.63, 3.8) is 0 Å². The van der Waals surface area contributed by atoms with Crippen LogP contribution in [0.1, 0.15) is 17.2 Å². The lowest BCUT2D eigenvalue weighted by Gasteiger charge is -2.37. The van der Waals surface area contributed by atoms with Gasteiger partial charge in [-0.3, -0.25) is 10.1 Å². The van der Waals surface area contributed by atoms with E-state index in [1.807, 2.05) is 0 Å². The molecular formula is C15H21NO8. The van der Waals surface area contributed by atoms with Gasteiger partial charge in [-0.25, -0.2) is 0 Å². The third-order valence-corrected chi connectivity index (χ3v) is 4.19. The Labute approximate surface area is 137 Å². The summed E-state index contributed by atoms with van der Waals surface area (Å²) < 4.78 is 0. The van der Waals surface area contributed by atoms with Crippen LogP contribution >= 0.6 is 0 Å². The molecule has 0 spiro atoms. The van der Waals surface area contributed by atoms with Gasteiger partial charge in [-0.05, 0) is 29.7 Å². The number of fused-ring (bicyclic) bond motifs is 1. The van der Waals surface area contributed by atoms with E-state index >= 15 is 0 Å². The maximum absolute atomic E-state index is 11.3. The molecule has 0 fully saturated rings. The zero-order valence-corrected chi connectivity index (χ0v) is 12.6. The number of benzene rings is 1. The molecule has 8 N–H and O–H groups in total. The SMILES string of the molecule is O=C(O)[C@H]1Cc2cc(O)ccc2[C@H]([C@H](O)[C@@H](O)[C@H](O)[C@H](O)CO)N1. The Balaban J connectivity index is 2.32. The summed E-state index contributed by atoms with van der Waals surface area (Å²) in [5, 5.41) is 69.8. The van der Waals surface area contributed by atoms with Crippen molar-refractivity contribution >= 4 is 5.97 Å². The highest BCUT2D eigenvalue weighted by Gasteiger charge is 2.40. The molecule has 1 aromatic carbocycles. The number of carboxylic acid groups (broad SMARTS) is 1. The van der Waals surface area contributed by atoms with Gasteiger partial charge in [0.25, 0.3) is 0 Å². The molecule has 0 saturated carbocycles. The maximum Gasteiger partial charge on any atom is 0.321 e. The van der Waals surface area contributed by atoms with E-state index in [1.54, 1.807) is 0 Å². The number of hydrogen-bond acceptors (Lipinski definition) is 8. The number of aromatic hydroxyl groups is 1. The van der Waals surface area contributed by atoms with Gasteiger partial charge in [0.15, 0.2) is 0 Å². The lowest BCUT2D eigenvalue weighted by atomic mass is 9.84. The fraction of sp³-hybridized carbons (Fsp3) is 0.533. The minimum Gasteiger partial charge on any atom is -0.508 e. The molecule has 1 aliphatic heterocycles. The van der Waals surface area contributed by atoms with Gasteiger partial charge >= 0.3 is 5.97 Å². The first-order valence-electron chi connectivity index (χ1n) is 7.40. The number of aliphatic hydroxyl groups is 5. The number of aliphatic carboxylic acids is 1. The largest absolute Gasteiger partial charge is 0.508 e. The minimum absolute atomic E-state index is 0.0654. The fourth-order valence-electron chi connectivity index (χ4n) is 2.83. The summed E-state index contributed by atoms with van der Waals surface area (Å²) >= 11 is 0. The lowest BCUT2D eigenvalue weighted by Crippen LogP contribution is -2.54. The summed E-state index contributed by atoms with van der Waals surface area (Å²) in [7, 11) is 0. The predicted octanol–water partition coefficient (Wildman–Crippen LogP) is -2.53. The van der Waals surface area contributed by atoms with Gasteiger partial charge in [0.05, 0.1) is 12.6 Å². The molecule has 9 nitrogen and oxygen atoms in total. The molecule has 0 unspecified atom stereocenters. The van der Waals surface area contributed by atoms with Gasteiger partial charge < -0.3 is 35.7 Å². The molecule has 2 rings (SSSR count). The van der Waals surface area contributed by atoms with Crippen LogP contribution in [0.25, 0.3) is 0 Å². The van der Waals surface area contributed by atoms with E-state index in [0.717, 1.165) is 0 Å². The van der Waals surface area contributed by atoms with Crippen LogP contribution in [0.4, 0.5) is 0 Å². The first kappa shape index (κ1) is 18.6. The average molecular weight is 343 g/mol. The predicted molar refractivity (Wildman–Crippen MR) is 80.2 cm³/mol. The molecule has 0 saturated heterocycles. The summed E-state index contributed by atoms with van der Waals surface area (Å²) in [4.78, 5) is 11.3. The third kappa shape index (κ3) is 3.66. The van der Waals surface area contributed by atoms with Crippen molar-refractivity contribution in [2.75, 3.05) is 6.61 Å². The maximum atomic E-state index is 11.3. The Morgan fingerprint density at radius 1 is 1.21 bits per heavy atom. The van der Waals surface area contributed by atoms with Crippen molar-refractivity contribution in [1.29, 1.82) is 0 Å². The van der Waals surface area contributed by atoms with Crippen LogP contribution in [-0.4, -0.2) is 78.8 Å². The van der Waals surface area contributed by atoms with Gasteiger partial charge in [0.2, 0.25) is 0 Å². The normalized spacial score (nSPS) is 25.4. The van der Waals surface area contributed by atoms with E-state index in [0.29, 0.717) is 11.1 Å². The van der Waals surface area contributed by atoms with Gasteiger partial charge in [-0.15, -0.1) is 0 Å². The number of aliphatic hydroxyl groups excluding tert-OH is 5. The standard InChI is InChI=1S/C15H21NO8/c17-5-10(19)12(20)14(22)13(21)11-8-2-1-7(18)3-6(8)4-9(16-11)15(23)24/h1-3,9-14,16-22H,4-5H2,(H,23,24)/t9-,10-,11-,12-,13+,14+/m1/s1. The highest BCUT2D eigenvalue weighted by Crippen LogP contribution is 2.32. The van der Waals surface area contributed by atoms with E-state index in [9.17, 15) is 35.4 Å². The van der Waals surface area contributed by atoms with Gasteiger partial charge in [-0.1, -0.05) is 6.07 Å². The quantitative estimate of drug-likeness (QED) is 0.277. The van der Waals surface area contributed by atoms with E-state index < -0.39 is 49.1 Å². The number of phenolic OH excluding ortho intramolecular Hbond substituents is 1. The first-order chi connectivity index (χ1) is 11.3. The second-order valence-electron chi connectivity index (χ2n) is 5.84. The molecule has 134 valence electrons. The van der Waals surface area contributed by atoms with Crippen molar-refractivity contribution in [2.45, 2.75) is 42.9 Å². The Hall–Kier alpha value is -1.75. The van der Waals surface area contributed by atoms with E-state index in [2.05, 4.69) is 5.32 Å². The summed E-state index contributed by atoms with van der Waals surface area (Å²) in [5.41, 5.74) is 0.942. The molecular weight excluding hydrogens is 322 g/mol. The van der Waals surface area contributed by atoms with Crippen LogP contribution in [0.3, 0.4) is 0 Å². The average Bonchev–Trinajstić information content (AvgIpc) is 2.57. The number of hydrogen-bond donors (Lipinski definition) is 8. The molecule has 24 heavy (non-hydrogen) atoms. The summed E-state index contributed by atoms with van der Waals surface area (Å²) in [6, 6.07) is 2.09. The van der Waals surface area contributed by atoms with Crippen LogP contribution in [-0.2, 0) is 11.2 Å². The molecule has 9 heteroatoms. The van der Waals surface area contributed by atoms with Crippen LogP contribution in [0.15, 0.2) is 18.2 Å². The van der Waals surface area contributed by atoms with Crippen molar-refractivity contribution in [1.82, 2.24) is 5.32 Å². The Bertz CT molecular complexity index is 595. The zero-order valence-electron chi connectivity index (χ0n) is 12.6. The topological polar surface area (TPSA) is 171 Å². The Kier molecular flexibility index (Phi) is 5.75. The summed E-state index contributed by atoms with van der Waals surface area (Å²) in [6.45, 7) is -0.814. The molecule has 0 bridgehead atoms. The molecule has 1 heterocycles. The fourth-order valence-corrected chi connectivity index (χ4v) is 2.83. The van der Waals surface area contributed by atoms with Crippen LogP contribution in [0, 0.1) is 0 Å². The van der Waals surface area contributed by atoms with E-state index in [1.165, 1.54) is 18.2 Å². The molecule has 0 aromatic heterocycles. The number of carboxylic acids is 1. The third-order valence-electron chi connectivity index (χ3n) is 4.19. The molecule has 1 aromatic rings. The van der Waals surface area contributed by atoms with E-state index in [4.69, 9.17) is 5.11 Å². The lowest BCUT2D eigenvalue weighted by molar-refractivity contribution is -0.142. The first-order valence-corrected chi connectivity index (χ1v) is 7.40. The molecule has 0 amide bonds. The van der Waals surface area contributed by atoms with Crippen molar-refractivity contribution in [3.8, 4) is 5.75 Å². The van der Waals surface area contributed by atoms with Crippen LogP contribution in [0.5, 0.6) is 5.75 Å². The van der Waals surface area contributed by atoms with Crippen molar-refractivity contribution < 1.29 is 40.5 Å². The smallest absolute Gasteiger partial charge is 0.321 e. The van der Waals surface area contributed by atoms with Gasteiger partial charge in [0.1, 0.15) is 36.2 Å². The Morgan fingerprint density at radius 3 is 2.46 bits per heavy atom. The second kappa shape index (κ2) is 7.43. The van der Waals surface area contributed by atoms with Crippen molar-refractivity contribution in [3.05, 3.63) is 29.3 Å². The molecule has 6 atom stereocenters. The van der Waals surface area contributed by atoms with Crippen LogP contribution < -0.4 is 5.32 Å². The van der Waals surface area contributed by atoms with Crippen LogP contribution in [0.2, 0.25) is 0 Å². The second-order valence-corrected chi connectivity index (χ2v) is 5.84.